The lowest BCUT2D eigenvalue weighted by Crippen LogP contribution is -2.12. The van der Waals surface area contributed by atoms with Crippen molar-refractivity contribution in [3.05, 3.63) is 81.1 Å². The van der Waals surface area contributed by atoms with Crippen LogP contribution in [0.25, 0.3) is 22.4 Å². The number of aromatic nitrogens is 1. The van der Waals surface area contributed by atoms with Crippen LogP contribution in [0.3, 0.4) is 0 Å². The summed E-state index contributed by atoms with van der Waals surface area (Å²) in [6, 6.07) is 18.7. The lowest BCUT2D eigenvalue weighted by atomic mass is 9.96. The van der Waals surface area contributed by atoms with Crippen molar-refractivity contribution >= 4 is 11.6 Å². The Morgan fingerprint density at radius 3 is 2.39 bits per heavy atom. The zero-order chi connectivity index (χ0) is 16.4. The minimum atomic E-state index is -0.391. The molecular weight excluding hydrogens is 308 g/mol. The number of hydrogen-bond donors (Lipinski definition) is 1. The van der Waals surface area contributed by atoms with Crippen molar-refractivity contribution in [3.8, 4) is 28.5 Å². The number of nitrogens with zero attached hydrogens (tertiary/aromatic N) is 1. The summed E-state index contributed by atoms with van der Waals surface area (Å²) < 4.78 is 0. The quantitative estimate of drug-likeness (QED) is 0.753. The van der Waals surface area contributed by atoms with Gasteiger partial charge < -0.3 is 4.98 Å². The molecule has 4 heteroatoms. The van der Waals surface area contributed by atoms with Crippen molar-refractivity contribution in [1.29, 1.82) is 5.26 Å². The lowest BCUT2D eigenvalue weighted by molar-refractivity contribution is 1.22. The highest BCUT2D eigenvalue weighted by atomic mass is 35.5. The second kappa shape index (κ2) is 6.12. The second-order valence-corrected chi connectivity index (χ2v) is 5.67. The Kier molecular flexibility index (Phi) is 4.01. The third-order valence-corrected chi connectivity index (χ3v) is 3.99. The summed E-state index contributed by atoms with van der Waals surface area (Å²) in [5.41, 5.74) is 3.76. The van der Waals surface area contributed by atoms with E-state index in [0.717, 1.165) is 16.7 Å². The molecule has 0 saturated carbocycles. The lowest BCUT2D eigenvalue weighted by Gasteiger charge is -2.10. The molecule has 0 aliphatic heterocycles. The first-order valence-corrected chi connectivity index (χ1v) is 7.47. The molecule has 0 aliphatic rings. The SMILES string of the molecule is Cc1ccccc1-c1cc(-c2ccc(Cl)cc2)[nH]c(=O)c1C#N. The van der Waals surface area contributed by atoms with E-state index in [1.54, 1.807) is 12.1 Å². The standard InChI is InChI=1S/C19H13ClN2O/c1-12-4-2-3-5-15(12)16-10-18(22-19(23)17(16)11-21)13-6-8-14(20)9-7-13/h2-10H,1H3,(H,22,23). The zero-order valence-corrected chi connectivity index (χ0v) is 13.2. The van der Waals surface area contributed by atoms with Gasteiger partial charge in [0.05, 0.1) is 0 Å². The van der Waals surface area contributed by atoms with Crippen LogP contribution >= 0.6 is 11.6 Å². The number of hydrogen-bond acceptors (Lipinski definition) is 2. The van der Waals surface area contributed by atoms with Gasteiger partial charge in [-0.2, -0.15) is 5.26 Å². The van der Waals surface area contributed by atoms with Crippen LogP contribution < -0.4 is 5.56 Å². The van der Waals surface area contributed by atoms with Gasteiger partial charge in [-0.15, -0.1) is 0 Å². The Bertz CT molecular complexity index is 966. The fourth-order valence-corrected chi connectivity index (χ4v) is 2.67. The number of nitrogens with one attached hydrogen (secondary N) is 1. The number of nitriles is 1. The Hall–Kier alpha value is -2.83. The van der Waals surface area contributed by atoms with E-state index in [-0.39, 0.29) is 5.56 Å². The third kappa shape index (κ3) is 2.90. The largest absolute Gasteiger partial charge is 0.321 e. The van der Waals surface area contributed by atoms with Crippen LogP contribution in [-0.2, 0) is 0 Å². The van der Waals surface area contributed by atoms with Crippen molar-refractivity contribution in [2.45, 2.75) is 6.92 Å². The van der Waals surface area contributed by atoms with Crippen LogP contribution in [0.4, 0.5) is 0 Å². The molecule has 0 atom stereocenters. The fraction of sp³-hybridized carbons (Fsp3) is 0.0526. The molecule has 3 nitrogen and oxygen atoms in total. The van der Waals surface area contributed by atoms with E-state index in [1.165, 1.54) is 0 Å². The van der Waals surface area contributed by atoms with Crippen LogP contribution in [0, 0.1) is 18.3 Å². The molecule has 0 fully saturated rings. The molecule has 2 aromatic carbocycles. The predicted molar refractivity (Wildman–Crippen MR) is 92.4 cm³/mol. The average molecular weight is 321 g/mol. The molecule has 3 aromatic rings. The smallest absolute Gasteiger partial charge is 0.266 e. The molecule has 1 N–H and O–H groups in total. The Morgan fingerprint density at radius 1 is 1.04 bits per heavy atom. The minimum absolute atomic E-state index is 0.122. The molecular formula is C19H13ClN2O. The topological polar surface area (TPSA) is 56.6 Å². The van der Waals surface area contributed by atoms with E-state index in [4.69, 9.17) is 11.6 Å². The number of aromatic amines is 1. The third-order valence-electron chi connectivity index (χ3n) is 3.74. The Balaban J connectivity index is 2.27. The van der Waals surface area contributed by atoms with Gasteiger partial charge in [0.1, 0.15) is 11.6 Å². The van der Waals surface area contributed by atoms with Gasteiger partial charge in [-0.05, 0) is 41.8 Å². The molecule has 0 amide bonds. The molecule has 112 valence electrons. The van der Waals surface area contributed by atoms with Gasteiger partial charge in [-0.25, -0.2) is 0 Å². The number of halogens is 1. The van der Waals surface area contributed by atoms with Crippen molar-refractivity contribution in [3.63, 3.8) is 0 Å². The second-order valence-electron chi connectivity index (χ2n) is 5.23. The van der Waals surface area contributed by atoms with Crippen molar-refractivity contribution < 1.29 is 0 Å². The molecule has 1 heterocycles. The van der Waals surface area contributed by atoms with E-state index in [0.29, 0.717) is 16.3 Å². The highest BCUT2D eigenvalue weighted by Crippen LogP contribution is 2.28. The van der Waals surface area contributed by atoms with Crippen LogP contribution in [0.5, 0.6) is 0 Å². The number of benzene rings is 2. The van der Waals surface area contributed by atoms with Crippen LogP contribution in [0.1, 0.15) is 11.1 Å². The number of rotatable bonds is 2. The van der Waals surface area contributed by atoms with Crippen molar-refractivity contribution in [2.75, 3.05) is 0 Å². The molecule has 0 bridgehead atoms. The summed E-state index contributed by atoms with van der Waals surface area (Å²) in [6.45, 7) is 1.96. The number of pyridine rings is 1. The summed E-state index contributed by atoms with van der Waals surface area (Å²) >= 11 is 5.91. The molecule has 0 radical (unpaired) electrons. The molecule has 23 heavy (non-hydrogen) atoms. The van der Waals surface area contributed by atoms with Gasteiger partial charge in [0, 0.05) is 16.3 Å². The maximum atomic E-state index is 12.3. The van der Waals surface area contributed by atoms with E-state index in [1.807, 2.05) is 55.5 Å². The highest BCUT2D eigenvalue weighted by Gasteiger charge is 2.13. The first-order chi connectivity index (χ1) is 11.1. The molecule has 0 spiro atoms. The summed E-state index contributed by atoms with van der Waals surface area (Å²) in [5.74, 6) is 0. The van der Waals surface area contributed by atoms with E-state index < -0.39 is 5.56 Å². The summed E-state index contributed by atoms with van der Waals surface area (Å²) in [5, 5.41) is 9.99. The summed E-state index contributed by atoms with van der Waals surface area (Å²) in [7, 11) is 0. The van der Waals surface area contributed by atoms with Gasteiger partial charge in [0.2, 0.25) is 0 Å². The minimum Gasteiger partial charge on any atom is -0.321 e. The highest BCUT2D eigenvalue weighted by molar-refractivity contribution is 6.30. The molecule has 0 aliphatic carbocycles. The van der Waals surface area contributed by atoms with E-state index in [2.05, 4.69) is 4.98 Å². The summed E-state index contributed by atoms with van der Waals surface area (Å²) in [6.07, 6.45) is 0. The average Bonchev–Trinajstić information content (AvgIpc) is 2.55. The van der Waals surface area contributed by atoms with Crippen molar-refractivity contribution in [1.82, 2.24) is 4.98 Å². The Morgan fingerprint density at radius 2 is 1.74 bits per heavy atom. The first-order valence-electron chi connectivity index (χ1n) is 7.09. The van der Waals surface area contributed by atoms with Crippen LogP contribution in [0.15, 0.2) is 59.4 Å². The molecule has 0 unspecified atom stereocenters. The van der Waals surface area contributed by atoms with Crippen LogP contribution in [0.2, 0.25) is 5.02 Å². The monoisotopic (exact) mass is 320 g/mol. The van der Waals surface area contributed by atoms with Gasteiger partial charge in [0.15, 0.2) is 0 Å². The van der Waals surface area contributed by atoms with Gasteiger partial charge in [-0.1, -0.05) is 48.0 Å². The normalized spacial score (nSPS) is 10.3. The number of aryl methyl sites for hydroxylation is 1. The maximum Gasteiger partial charge on any atom is 0.266 e. The molecule has 0 saturated heterocycles. The van der Waals surface area contributed by atoms with Gasteiger partial charge in [-0.3, -0.25) is 4.79 Å². The van der Waals surface area contributed by atoms with E-state index in [9.17, 15) is 10.1 Å². The first kappa shape index (κ1) is 15.1. The summed E-state index contributed by atoms with van der Waals surface area (Å²) in [4.78, 5) is 15.1. The predicted octanol–water partition coefficient (Wildman–Crippen LogP) is 4.54. The Labute approximate surface area is 138 Å². The van der Waals surface area contributed by atoms with E-state index >= 15 is 0 Å². The number of H-pyrrole nitrogens is 1. The van der Waals surface area contributed by atoms with Crippen LogP contribution in [-0.4, -0.2) is 4.98 Å². The van der Waals surface area contributed by atoms with Gasteiger partial charge in [0.25, 0.3) is 5.56 Å². The van der Waals surface area contributed by atoms with Gasteiger partial charge >= 0.3 is 0 Å². The van der Waals surface area contributed by atoms with Crippen molar-refractivity contribution in [2.24, 2.45) is 0 Å². The molecule has 1 aromatic heterocycles. The maximum absolute atomic E-state index is 12.3. The molecule has 3 rings (SSSR count). The fourth-order valence-electron chi connectivity index (χ4n) is 2.54. The zero-order valence-electron chi connectivity index (χ0n) is 12.4.